The molecular weight excluding hydrogens is 577 g/mol. The third-order valence-electron chi connectivity index (χ3n) is 8.49. The number of benzene rings is 2. The molecule has 212 valence electrons. The molecule has 2 fully saturated rings. The zero-order valence-electron chi connectivity index (χ0n) is 22.6. The maximum Gasteiger partial charge on any atom is 0.270 e. The first-order chi connectivity index (χ1) is 20.2. The molecule has 0 saturated heterocycles. The van der Waals surface area contributed by atoms with Gasteiger partial charge in [-0.2, -0.15) is 10.2 Å². The number of nitriles is 1. The average Bonchev–Trinajstić information content (AvgIpc) is 3.25. The minimum Gasteiger partial charge on any atom is -0.337 e. The molecule has 7 rings (SSSR count). The summed E-state index contributed by atoms with van der Waals surface area (Å²) in [6, 6.07) is 14.0. The van der Waals surface area contributed by atoms with Gasteiger partial charge in [-0.3, -0.25) is 14.2 Å². The summed E-state index contributed by atoms with van der Waals surface area (Å²) in [5.41, 5.74) is -0.00208. The van der Waals surface area contributed by atoms with Crippen molar-refractivity contribution in [2.75, 3.05) is 4.90 Å². The molecule has 1 aliphatic heterocycles. The molecule has 3 heterocycles. The molecule has 0 spiro atoms. The molecule has 0 radical (unpaired) electrons. The van der Waals surface area contributed by atoms with Gasteiger partial charge in [0.2, 0.25) is 5.95 Å². The van der Waals surface area contributed by atoms with Crippen LogP contribution in [-0.2, 0) is 22.3 Å². The number of fused-ring (bicyclic) bond motifs is 1. The Morgan fingerprint density at radius 3 is 2.50 bits per heavy atom. The van der Waals surface area contributed by atoms with Crippen LogP contribution in [0.1, 0.15) is 78.3 Å². The number of carbonyl (C=O) groups excluding carboxylic acids is 2. The van der Waals surface area contributed by atoms with Gasteiger partial charge < -0.3 is 9.84 Å². The number of hydrogen-bond donors (Lipinski definition) is 1. The lowest BCUT2D eigenvalue weighted by Crippen LogP contribution is -2.44. The number of halogens is 2. The molecule has 0 bridgehead atoms. The van der Waals surface area contributed by atoms with Crippen molar-refractivity contribution in [3.05, 3.63) is 87.2 Å². The standard InChI is InChI=1S/C30H25Cl2N7O3/c1-29(14-17-5-7-18(15-33)8-6-17)27(41)38(22-12-20(31)11-21(32)13-22)28-34-16-23(39(28)29)25(40)36-30(9-10-30)26-35-24(37-42-26)19-3-2-4-19/h5-8,11-13,16,19H,2-4,9-10,14H2,1H3,(H,36,40). The second-order valence-corrected chi connectivity index (χ2v) is 12.3. The Morgan fingerprint density at radius 2 is 1.88 bits per heavy atom. The summed E-state index contributed by atoms with van der Waals surface area (Å²) in [7, 11) is 0. The van der Waals surface area contributed by atoms with Crippen molar-refractivity contribution in [2.45, 2.75) is 62.4 Å². The lowest BCUT2D eigenvalue weighted by molar-refractivity contribution is -0.123. The fourth-order valence-corrected chi connectivity index (χ4v) is 6.30. The van der Waals surface area contributed by atoms with E-state index in [9.17, 15) is 14.9 Å². The fraction of sp³-hybridized carbons (Fsp3) is 0.333. The van der Waals surface area contributed by atoms with E-state index in [2.05, 4.69) is 26.5 Å². The third-order valence-corrected chi connectivity index (χ3v) is 8.93. The molecular formula is C30H25Cl2N7O3. The first-order valence-electron chi connectivity index (χ1n) is 13.8. The van der Waals surface area contributed by atoms with E-state index in [1.165, 1.54) is 11.1 Å². The molecule has 42 heavy (non-hydrogen) atoms. The van der Waals surface area contributed by atoms with Gasteiger partial charge >= 0.3 is 0 Å². The maximum atomic E-state index is 14.3. The molecule has 2 aromatic heterocycles. The van der Waals surface area contributed by atoms with Crippen LogP contribution >= 0.6 is 23.2 Å². The van der Waals surface area contributed by atoms with Crippen molar-refractivity contribution in [2.24, 2.45) is 0 Å². The van der Waals surface area contributed by atoms with E-state index < -0.39 is 17.0 Å². The molecule has 1 N–H and O–H groups in total. The number of rotatable bonds is 7. The molecule has 12 heteroatoms. The van der Waals surface area contributed by atoms with E-state index in [0.29, 0.717) is 51.8 Å². The minimum absolute atomic E-state index is 0.218. The van der Waals surface area contributed by atoms with Crippen molar-refractivity contribution < 1.29 is 14.1 Å². The van der Waals surface area contributed by atoms with Crippen molar-refractivity contribution in [1.29, 1.82) is 5.26 Å². The Hall–Kier alpha value is -4.20. The number of aromatic nitrogens is 4. The number of hydrogen-bond acceptors (Lipinski definition) is 7. The monoisotopic (exact) mass is 601 g/mol. The van der Waals surface area contributed by atoms with Gasteiger partial charge in [0.15, 0.2) is 5.82 Å². The van der Waals surface area contributed by atoms with Crippen LogP contribution < -0.4 is 10.2 Å². The predicted octanol–water partition coefficient (Wildman–Crippen LogP) is 5.77. The van der Waals surface area contributed by atoms with Crippen LogP contribution in [0.2, 0.25) is 10.0 Å². The number of amides is 2. The molecule has 3 aliphatic rings. The average molecular weight is 602 g/mol. The van der Waals surface area contributed by atoms with Gasteiger partial charge in [0.05, 0.1) is 23.5 Å². The van der Waals surface area contributed by atoms with Gasteiger partial charge in [0, 0.05) is 22.4 Å². The zero-order valence-corrected chi connectivity index (χ0v) is 24.1. The number of anilines is 2. The quantitative estimate of drug-likeness (QED) is 0.284. The molecule has 2 amide bonds. The summed E-state index contributed by atoms with van der Waals surface area (Å²) in [4.78, 5) is 38.8. The summed E-state index contributed by atoms with van der Waals surface area (Å²) >= 11 is 12.6. The molecule has 2 aliphatic carbocycles. The second kappa shape index (κ2) is 9.68. The van der Waals surface area contributed by atoms with Crippen LogP contribution in [0.25, 0.3) is 0 Å². The van der Waals surface area contributed by atoms with Crippen molar-refractivity contribution in [3.63, 3.8) is 0 Å². The van der Waals surface area contributed by atoms with Crippen LogP contribution in [0.3, 0.4) is 0 Å². The number of nitrogens with one attached hydrogen (secondary N) is 1. The second-order valence-electron chi connectivity index (χ2n) is 11.4. The Balaban J connectivity index is 1.26. The molecule has 10 nitrogen and oxygen atoms in total. The summed E-state index contributed by atoms with van der Waals surface area (Å²) < 4.78 is 7.27. The fourth-order valence-electron chi connectivity index (χ4n) is 5.78. The van der Waals surface area contributed by atoms with Crippen LogP contribution in [0, 0.1) is 11.3 Å². The number of imidazole rings is 1. The van der Waals surface area contributed by atoms with E-state index in [-0.39, 0.29) is 24.0 Å². The Labute approximate surface area is 251 Å². The highest BCUT2D eigenvalue weighted by atomic mass is 35.5. The molecule has 1 unspecified atom stereocenters. The van der Waals surface area contributed by atoms with Gasteiger partial charge in [0.25, 0.3) is 17.7 Å². The van der Waals surface area contributed by atoms with Gasteiger partial charge in [0.1, 0.15) is 16.8 Å². The lowest BCUT2D eigenvalue weighted by Gasteiger charge is -2.27. The Morgan fingerprint density at radius 1 is 1.17 bits per heavy atom. The first kappa shape index (κ1) is 26.7. The normalized spacial score (nSPS) is 20.6. The highest BCUT2D eigenvalue weighted by Crippen LogP contribution is 2.47. The maximum absolute atomic E-state index is 14.3. The van der Waals surface area contributed by atoms with E-state index >= 15 is 0 Å². The van der Waals surface area contributed by atoms with Crippen LogP contribution in [0.5, 0.6) is 0 Å². The summed E-state index contributed by atoms with van der Waals surface area (Å²) in [6.45, 7) is 1.78. The Bertz CT molecular complexity index is 1760. The van der Waals surface area contributed by atoms with E-state index in [0.717, 1.165) is 24.8 Å². The van der Waals surface area contributed by atoms with E-state index in [1.807, 2.05) is 0 Å². The van der Waals surface area contributed by atoms with Crippen LogP contribution in [0.4, 0.5) is 11.6 Å². The highest BCUT2D eigenvalue weighted by Gasteiger charge is 2.54. The van der Waals surface area contributed by atoms with Gasteiger partial charge in [-0.05, 0) is 68.5 Å². The van der Waals surface area contributed by atoms with Crippen molar-refractivity contribution >= 4 is 46.7 Å². The summed E-state index contributed by atoms with van der Waals surface area (Å²) in [5, 5.41) is 17.2. The topological polar surface area (TPSA) is 130 Å². The largest absolute Gasteiger partial charge is 0.337 e. The first-order valence-corrected chi connectivity index (χ1v) is 14.5. The van der Waals surface area contributed by atoms with Crippen LogP contribution in [-0.4, -0.2) is 31.5 Å². The molecule has 2 saturated carbocycles. The SMILES string of the molecule is CC1(Cc2ccc(C#N)cc2)C(=O)N(c2cc(Cl)cc(Cl)c2)c2ncc(C(=O)NC3(c4nc(C5CCC5)no4)CC3)n21. The highest BCUT2D eigenvalue weighted by molar-refractivity contribution is 6.35. The number of carbonyl (C=O) groups is 2. The van der Waals surface area contributed by atoms with Gasteiger partial charge in [-0.1, -0.05) is 46.9 Å². The van der Waals surface area contributed by atoms with Gasteiger partial charge in [-0.25, -0.2) is 9.88 Å². The zero-order chi connectivity index (χ0) is 29.2. The third kappa shape index (κ3) is 4.27. The minimum atomic E-state index is -1.24. The van der Waals surface area contributed by atoms with E-state index in [1.54, 1.807) is 54.0 Å². The number of nitrogens with zero attached hydrogens (tertiary/aromatic N) is 6. The van der Waals surface area contributed by atoms with E-state index in [4.69, 9.17) is 27.7 Å². The Kier molecular flexibility index (Phi) is 6.15. The molecule has 1 atom stereocenters. The van der Waals surface area contributed by atoms with Crippen molar-refractivity contribution in [1.82, 2.24) is 25.0 Å². The lowest BCUT2D eigenvalue weighted by atomic mass is 9.85. The molecule has 4 aromatic rings. The smallest absolute Gasteiger partial charge is 0.270 e. The van der Waals surface area contributed by atoms with Crippen molar-refractivity contribution in [3.8, 4) is 6.07 Å². The van der Waals surface area contributed by atoms with Gasteiger partial charge in [-0.15, -0.1) is 0 Å². The summed E-state index contributed by atoms with van der Waals surface area (Å²) in [6.07, 6.45) is 6.28. The predicted molar refractivity (Wildman–Crippen MR) is 154 cm³/mol. The molecule has 2 aromatic carbocycles. The van der Waals surface area contributed by atoms with Crippen LogP contribution in [0.15, 0.2) is 53.2 Å². The summed E-state index contributed by atoms with van der Waals surface area (Å²) in [5.74, 6) is 0.982.